The van der Waals surface area contributed by atoms with Gasteiger partial charge in [0.1, 0.15) is 0 Å². The smallest absolute Gasteiger partial charge is 0.264 e. The Kier molecular flexibility index (Phi) is 4.45. The van der Waals surface area contributed by atoms with E-state index in [0.29, 0.717) is 29.0 Å². The number of Topliss-reactive ketones (excluding diaryl/α,β-unsaturated/α-hetero) is 1. The van der Waals surface area contributed by atoms with Crippen molar-refractivity contribution in [3.05, 3.63) is 95.6 Å². The quantitative estimate of drug-likeness (QED) is 0.532. The van der Waals surface area contributed by atoms with E-state index in [-0.39, 0.29) is 12.2 Å². The highest BCUT2D eigenvalue weighted by Gasteiger charge is 2.50. The highest BCUT2D eigenvalue weighted by Crippen LogP contribution is 2.43. The summed E-state index contributed by atoms with van der Waals surface area (Å²) < 4.78 is 0. The fourth-order valence-corrected chi connectivity index (χ4v) is 3.60. The number of anilines is 2. The summed E-state index contributed by atoms with van der Waals surface area (Å²) in [7, 11) is 0. The van der Waals surface area contributed by atoms with Crippen molar-refractivity contribution in [2.45, 2.75) is 18.6 Å². The van der Waals surface area contributed by atoms with Gasteiger partial charge in [-0.1, -0.05) is 48.5 Å². The molecule has 3 aromatic rings. The maximum Gasteiger partial charge on any atom is 0.264 e. The van der Waals surface area contributed by atoms with Gasteiger partial charge in [-0.3, -0.25) is 9.59 Å². The Balaban J connectivity index is 1.67. The van der Waals surface area contributed by atoms with Gasteiger partial charge in [-0.25, -0.2) is 0 Å². The Morgan fingerprint density at radius 1 is 0.929 bits per heavy atom. The van der Waals surface area contributed by atoms with E-state index in [2.05, 4.69) is 0 Å². The molecule has 1 heterocycles. The number of carbonyl (C=O) groups is 2. The first-order valence-electron chi connectivity index (χ1n) is 9.05. The molecule has 140 valence electrons. The monoisotopic (exact) mass is 372 g/mol. The Morgan fingerprint density at radius 2 is 1.57 bits per heavy atom. The third-order valence-electron chi connectivity index (χ3n) is 5.07. The van der Waals surface area contributed by atoms with Crippen LogP contribution in [0.1, 0.15) is 27.9 Å². The average molecular weight is 372 g/mol. The van der Waals surface area contributed by atoms with E-state index in [0.717, 1.165) is 5.56 Å². The molecule has 0 bridgehead atoms. The van der Waals surface area contributed by atoms with Crippen LogP contribution in [0.15, 0.2) is 78.9 Å². The summed E-state index contributed by atoms with van der Waals surface area (Å²) in [5.74, 6) is -0.798. The zero-order valence-corrected chi connectivity index (χ0v) is 15.2. The second-order valence-electron chi connectivity index (χ2n) is 6.98. The van der Waals surface area contributed by atoms with Gasteiger partial charge in [0.05, 0.1) is 18.7 Å². The lowest BCUT2D eigenvalue weighted by atomic mass is 9.88. The molecule has 0 aromatic heterocycles. The van der Waals surface area contributed by atoms with Gasteiger partial charge in [0.25, 0.3) is 5.91 Å². The van der Waals surface area contributed by atoms with Gasteiger partial charge in [-0.15, -0.1) is 0 Å². The summed E-state index contributed by atoms with van der Waals surface area (Å²) in [6, 6.07) is 23.1. The van der Waals surface area contributed by atoms with Gasteiger partial charge in [-0.05, 0) is 35.9 Å². The third-order valence-corrected chi connectivity index (χ3v) is 5.07. The van der Waals surface area contributed by atoms with Gasteiger partial charge in [-0.2, -0.15) is 0 Å². The Labute approximate surface area is 163 Å². The Morgan fingerprint density at radius 3 is 2.29 bits per heavy atom. The molecule has 3 N–H and O–H groups in total. The predicted molar refractivity (Wildman–Crippen MR) is 108 cm³/mol. The van der Waals surface area contributed by atoms with Crippen molar-refractivity contribution in [2.75, 3.05) is 10.6 Å². The number of para-hydroxylation sites is 1. The number of ketones is 1. The van der Waals surface area contributed by atoms with Crippen LogP contribution >= 0.6 is 0 Å². The molecule has 1 atom stereocenters. The van der Waals surface area contributed by atoms with Crippen LogP contribution in [-0.2, 0) is 16.9 Å². The summed E-state index contributed by atoms with van der Waals surface area (Å²) in [6.07, 6.45) is -0.321. The van der Waals surface area contributed by atoms with Crippen LogP contribution in [0.3, 0.4) is 0 Å². The van der Waals surface area contributed by atoms with Crippen LogP contribution in [0.2, 0.25) is 0 Å². The fourth-order valence-electron chi connectivity index (χ4n) is 3.60. The van der Waals surface area contributed by atoms with Crippen LogP contribution in [0.5, 0.6) is 0 Å². The zero-order chi connectivity index (χ0) is 19.7. The van der Waals surface area contributed by atoms with Crippen LogP contribution in [0, 0.1) is 0 Å². The van der Waals surface area contributed by atoms with E-state index in [1.165, 1.54) is 0 Å². The summed E-state index contributed by atoms with van der Waals surface area (Å²) in [5.41, 5.74) is 6.78. The van der Waals surface area contributed by atoms with Crippen molar-refractivity contribution >= 4 is 23.1 Å². The minimum absolute atomic E-state index is 0.313. The molecule has 4 rings (SSSR count). The van der Waals surface area contributed by atoms with Crippen molar-refractivity contribution in [3.8, 4) is 0 Å². The number of rotatable bonds is 5. The lowest BCUT2D eigenvalue weighted by Gasteiger charge is -2.23. The highest BCUT2D eigenvalue weighted by molar-refractivity contribution is 6.10. The van der Waals surface area contributed by atoms with Crippen molar-refractivity contribution in [1.82, 2.24) is 0 Å². The van der Waals surface area contributed by atoms with Gasteiger partial charge in [0.2, 0.25) is 0 Å². The Hall–Kier alpha value is -3.44. The van der Waals surface area contributed by atoms with Crippen molar-refractivity contribution in [2.24, 2.45) is 0 Å². The van der Waals surface area contributed by atoms with Crippen LogP contribution in [-0.4, -0.2) is 16.8 Å². The molecular formula is C23H20N2O3. The van der Waals surface area contributed by atoms with Gasteiger partial charge in [0.15, 0.2) is 11.4 Å². The number of fused-ring (bicyclic) bond motifs is 1. The Bertz CT molecular complexity index is 1030. The first-order chi connectivity index (χ1) is 13.5. The summed E-state index contributed by atoms with van der Waals surface area (Å²) in [6.45, 7) is 0.328. The zero-order valence-electron chi connectivity index (χ0n) is 15.2. The summed E-state index contributed by atoms with van der Waals surface area (Å²) in [5, 5.41) is 11.3. The molecule has 0 unspecified atom stereocenters. The maximum absolute atomic E-state index is 13.2. The van der Waals surface area contributed by atoms with Crippen LogP contribution in [0.25, 0.3) is 0 Å². The highest BCUT2D eigenvalue weighted by atomic mass is 16.3. The number of nitrogens with zero attached hydrogens (tertiary/aromatic N) is 1. The molecule has 0 radical (unpaired) electrons. The lowest BCUT2D eigenvalue weighted by Crippen LogP contribution is -2.41. The molecule has 3 aromatic carbocycles. The largest absolute Gasteiger partial charge is 0.399 e. The van der Waals surface area contributed by atoms with E-state index in [1.807, 2.05) is 36.4 Å². The molecule has 1 aliphatic rings. The van der Waals surface area contributed by atoms with E-state index >= 15 is 0 Å². The third kappa shape index (κ3) is 3.06. The predicted octanol–water partition coefficient (Wildman–Crippen LogP) is 3.28. The van der Waals surface area contributed by atoms with Gasteiger partial charge >= 0.3 is 0 Å². The lowest BCUT2D eigenvalue weighted by molar-refractivity contribution is -0.136. The van der Waals surface area contributed by atoms with Crippen LogP contribution < -0.4 is 10.6 Å². The number of nitrogens with two attached hydrogens (primary N) is 1. The average Bonchev–Trinajstić information content (AvgIpc) is 2.91. The van der Waals surface area contributed by atoms with Crippen molar-refractivity contribution < 1.29 is 14.7 Å². The van der Waals surface area contributed by atoms with Crippen molar-refractivity contribution in [1.29, 1.82) is 0 Å². The number of nitrogen functional groups attached to an aromatic ring is 1. The van der Waals surface area contributed by atoms with E-state index < -0.39 is 11.5 Å². The topological polar surface area (TPSA) is 83.6 Å². The molecule has 0 spiro atoms. The second-order valence-corrected chi connectivity index (χ2v) is 6.98. The summed E-state index contributed by atoms with van der Waals surface area (Å²) >= 11 is 0. The normalized spacial score (nSPS) is 18.2. The molecule has 5 nitrogen and oxygen atoms in total. The van der Waals surface area contributed by atoms with E-state index in [1.54, 1.807) is 47.4 Å². The molecule has 5 heteroatoms. The first-order valence-corrected chi connectivity index (χ1v) is 9.05. The number of hydrogen-bond donors (Lipinski definition) is 2. The number of carbonyl (C=O) groups excluding carboxylic acids is 2. The summed E-state index contributed by atoms with van der Waals surface area (Å²) in [4.78, 5) is 27.5. The molecule has 0 saturated heterocycles. The molecule has 28 heavy (non-hydrogen) atoms. The van der Waals surface area contributed by atoms with E-state index in [4.69, 9.17) is 5.73 Å². The first kappa shape index (κ1) is 17.9. The van der Waals surface area contributed by atoms with E-state index in [9.17, 15) is 14.7 Å². The number of hydrogen-bond acceptors (Lipinski definition) is 4. The maximum atomic E-state index is 13.2. The van der Waals surface area contributed by atoms with Crippen LogP contribution in [0.4, 0.5) is 11.4 Å². The number of amides is 1. The molecule has 1 amide bonds. The molecule has 0 fully saturated rings. The SMILES string of the molecule is Nc1ccc(C(=O)C[C@@]2(O)C(=O)N(Cc3ccccc3)c3ccccc32)cc1. The molecule has 0 aliphatic carbocycles. The second kappa shape index (κ2) is 6.94. The fraction of sp³-hybridized carbons (Fsp3) is 0.130. The van der Waals surface area contributed by atoms with Crippen molar-refractivity contribution in [3.63, 3.8) is 0 Å². The molecule has 0 saturated carbocycles. The number of aliphatic hydroxyl groups is 1. The molecular weight excluding hydrogens is 352 g/mol. The van der Waals surface area contributed by atoms with Gasteiger partial charge < -0.3 is 15.7 Å². The minimum Gasteiger partial charge on any atom is -0.399 e. The standard InChI is InChI=1S/C23H20N2O3/c24-18-12-10-17(11-13-18)21(26)14-23(28)19-8-4-5-9-20(19)25(22(23)27)15-16-6-2-1-3-7-16/h1-13,28H,14-15,24H2/t23-/m0/s1. The number of benzene rings is 3. The minimum atomic E-state index is -1.89. The molecule has 1 aliphatic heterocycles. The van der Waals surface area contributed by atoms with Gasteiger partial charge in [0, 0.05) is 16.8 Å².